The second kappa shape index (κ2) is 10.1. The molecule has 0 bridgehead atoms. The number of nitrogens with one attached hydrogen (secondary N) is 2. The fraction of sp³-hybridized carbons (Fsp3) is 0.200. The molecule has 0 saturated carbocycles. The van der Waals surface area contributed by atoms with E-state index >= 15 is 0 Å². The van der Waals surface area contributed by atoms with Gasteiger partial charge < -0.3 is 9.72 Å². The van der Waals surface area contributed by atoms with Crippen LogP contribution in [0, 0.1) is 0 Å². The number of benzene rings is 3. The van der Waals surface area contributed by atoms with E-state index in [4.69, 9.17) is 11.6 Å². The Balaban J connectivity index is 1.46. The van der Waals surface area contributed by atoms with E-state index in [1.165, 1.54) is 35.0 Å². The van der Waals surface area contributed by atoms with E-state index in [-0.39, 0.29) is 5.75 Å². The van der Waals surface area contributed by atoms with Gasteiger partial charge in [-0.05, 0) is 65.7 Å². The van der Waals surface area contributed by atoms with Crippen LogP contribution in [0.5, 0.6) is 5.75 Å². The zero-order chi connectivity index (χ0) is 23.4. The van der Waals surface area contributed by atoms with Crippen molar-refractivity contribution in [3.8, 4) is 17.0 Å². The highest BCUT2D eigenvalue weighted by atomic mass is 35.5. The van der Waals surface area contributed by atoms with Crippen LogP contribution >= 0.6 is 23.5 Å². The number of para-hydroxylation sites is 2. The predicted molar refractivity (Wildman–Crippen MR) is 129 cm³/mol. The largest absolute Gasteiger partial charge is 0.573 e. The van der Waals surface area contributed by atoms with Gasteiger partial charge in [0.05, 0.1) is 5.02 Å². The molecular weight excluding hydrogens is 469 g/mol. The molecule has 0 saturated heterocycles. The van der Waals surface area contributed by atoms with E-state index in [0.29, 0.717) is 23.6 Å². The lowest BCUT2D eigenvalue weighted by atomic mass is 10.0. The zero-order valence-electron chi connectivity index (χ0n) is 17.8. The first-order valence-electron chi connectivity index (χ1n) is 10.5. The molecule has 4 aromatic rings. The van der Waals surface area contributed by atoms with Gasteiger partial charge in [-0.15, -0.1) is 13.2 Å². The number of hydrogen-bond acceptors (Lipinski definition) is 3. The zero-order valence-corrected chi connectivity index (χ0v) is 19.4. The summed E-state index contributed by atoms with van der Waals surface area (Å²) in [7, 11) is 0. The molecule has 1 aromatic heterocycles. The SMILES string of the molecule is CCc1c(-c2ccc(Cl)c(SNCCc3ccccc3OC(F)(F)F)c2)[nH]c2ccccc12. The van der Waals surface area contributed by atoms with Crippen molar-refractivity contribution >= 4 is 34.5 Å². The molecule has 0 spiro atoms. The first kappa shape index (κ1) is 23.5. The monoisotopic (exact) mass is 490 g/mol. The van der Waals surface area contributed by atoms with Crippen LogP contribution in [0.4, 0.5) is 13.2 Å². The standard InChI is InChI=1S/C25H22ClF3N2OS/c1-2-18-19-8-4-5-9-21(19)31-24(18)17-11-12-20(26)23(15-17)33-30-14-13-16-7-3-6-10-22(16)32-25(27,28)29/h3-12,15,30-31H,2,13-14H2,1H3. The number of aromatic amines is 1. The van der Waals surface area contributed by atoms with Gasteiger partial charge >= 0.3 is 6.36 Å². The maximum Gasteiger partial charge on any atom is 0.573 e. The lowest BCUT2D eigenvalue weighted by Crippen LogP contribution is -2.19. The Labute approximate surface area is 199 Å². The number of H-pyrrole nitrogens is 1. The van der Waals surface area contributed by atoms with Crippen LogP contribution < -0.4 is 9.46 Å². The van der Waals surface area contributed by atoms with Gasteiger partial charge in [-0.2, -0.15) is 0 Å². The Hall–Kier alpha value is -2.61. The average molecular weight is 491 g/mol. The van der Waals surface area contributed by atoms with Gasteiger partial charge in [-0.25, -0.2) is 0 Å². The number of aryl methyl sites for hydroxylation is 1. The maximum absolute atomic E-state index is 12.6. The lowest BCUT2D eigenvalue weighted by Gasteiger charge is -2.13. The Bertz CT molecular complexity index is 1260. The van der Waals surface area contributed by atoms with E-state index in [1.807, 2.05) is 30.3 Å². The third kappa shape index (κ3) is 5.66. The summed E-state index contributed by atoms with van der Waals surface area (Å²) in [5.41, 5.74) is 4.91. The Morgan fingerprint density at radius 1 is 1.03 bits per heavy atom. The van der Waals surface area contributed by atoms with Crippen molar-refractivity contribution in [3.63, 3.8) is 0 Å². The van der Waals surface area contributed by atoms with Crippen molar-refractivity contribution in [3.05, 3.63) is 82.9 Å². The maximum atomic E-state index is 12.6. The summed E-state index contributed by atoms with van der Waals surface area (Å²) in [6.07, 6.45) is -3.45. The van der Waals surface area contributed by atoms with Crippen LogP contribution in [-0.4, -0.2) is 17.9 Å². The minimum absolute atomic E-state index is 0.178. The minimum Gasteiger partial charge on any atom is -0.406 e. The highest BCUT2D eigenvalue weighted by Crippen LogP contribution is 2.35. The number of rotatable bonds is 8. The Morgan fingerprint density at radius 2 is 1.79 bits per heavy atom. The van der Waals surface area contributed by atoms with Crippen LogP contribution in [0.1, 0.15) is 18.1 Å². The van der Waals surface area contributed by atoms with Crippen LogP contribution in [0.2, 0.25) is 5.02 Å². The van der Waals surface area contributed by atoms with Crippen LogP contribution in [0.15, 0.2) is 71.6 Å². The number of aromatic nitrogens is 1. The van der Waals surface area contributed by atoms with E-state index in [9.17, 15) is 13.2 Å². The molecule has 0 radical (unpaired) electrons. The molecule has 0 aliphatic carbocycles. The quantitative estimate of drug-likeness (QED) is 0.195. The summed E-state index contributed by atoms with van der Waals surface area (Å²) in [5, 5.41) is 1.81. The highest BCUT2D eigenvalue weighted by molar-refractivity contribution is 7.97. The summed E-state index contributed by atoms with van der Waals surface area (Å²) in [6.45, 7) is 2.57. The molecule has 0 fully saturated rings. The summed E-state index contributed by atoms with van der Waals surface area (Å²) in [5.74, 6) is -0.178. The van der Waals surface area contributed by atoms with Crippen molar-refractivity contribution in [2.75, 3.05) is 6.54 Å². The molecular formula is C25H22ClF3N2OS. The molecule has 0 amide bonds. The topological polar surface area (TPSA) is 37.0 Å². The van der Waals surface area contributed by atoms with E-state index in [2.05, 4.69) is 33.5 Å². The fourth-order valence-corrected chi connectivity index (χ4v) is 4.74. The molecule has 0 aliphatic rings. The van der Waals surface area contributed by atoms with Crippen molar-refractivity contribution in [2.45, 2.75) is 31.0 Å². The van der Waals surface area contributed by atoms with E-state index in [0.717, 1.165) is 28.1 Å². The van der Waals surface area contributed by atoms with Crippen LogP contribution in [0.3, 0.4) is 0 Å². The number of fused-ring (bicyclic) bond motifs is 1. The third-order valence-corrected chi connectivity index (χ3v) is 6.61. The van der Waals surface area contributed by atoms with Crippen molar-refractivity contribution < 1.29 is 17.9 Å². The van der Waals surface area contributed by atoms with Gasteiger partial charge in [0.2, 0.25) is 0 Å². The molecule has 0 aliphatic heterocycles. The number of alkyl halides is 3. The summed E-state index contributed by atoms with van der Waals surface area (Å²) in [4.78, 5) is 4.36. The van der Waals surface area contributed by atoms with Crippen LogP contribution in [-0.2, 0) is 12.8 Å². The predicted octanol–water partition coefficient (Wildman–Crippen LogP) is 7.79. The molecule has 33 heavy (non-hydrogen) atoms. The minimum atomic E-state index is -4.72. The van der Waals surface area contributed by atoms with Crippen molar-refractivity contribution in [2.24, 2.45) is 0 Å². The van der Waals surface area contributed by atoms with Gasteiger partial charge in [0.1, 0.15) is 5.75 Å². The van der Waals surface area contributed by atoms with E-state index < -0.39 is 6.36 Å². The average Bonchev–Trinajstić information content (AvgIpc) is 3.16. The number of hydrogen-bond donors (Lipinski definition) is 2. The summed E-state index contributed by atoms with van der Waals surface area (Å²) in [6, 6.07) is 20.2. The lowest BCUT2D eigenvalue weighted by molar-refractivity contribution is -0.274. The normalized spacial score (nSPS) is 11.8. The molecule has 0 unspecified atom stereocenters. The van der Waals surface area contributed by atoms with Gasteiger partial charge in [0.15, 0.2) is 0 Å². The molecule has 8 heteroatoms. The fourth-order valence-electron chi connectivity index (χ4n) is 3.80. The number of ether oxygens (including phenoxy) is 1. The van der Waals surface area contributed by atoms with E-state index in [1.54, 1.807) is 12.1 Å². The third-order valence-electron chi connectivity index (χ3n) is 5.26. The number of halogens is 4. The molecule has 3 nitrogen and oxygen atoms in total. The van der Waals surface area contributed by atoms with Crippen LogP contribution in [0.25, 0.3) is 22.2 Å². The Kier molecular flexibility index (Phi) is 7.22. The summed E-state index contributed by atoms with van der Waals surface area (Å²) < 4.78 is 45.2. The molecule has 4 rings (SSSR count). The van der Waals surface area contributed by atoms with Gasteiger partial charge in [0.25, 0.3) is 0 Å². The van der Waals surface area contributed by atoms with Gasteiger partial charge in [-0.1, -0.05) is 61.0 Å². The molecule has 3 aromatic carbocycles. The first-order valence-corrected chi connectivity index (χ1v) is 11.7. The van der Waals surface area contributed by atoms with Gasteiger partial charge in [-0.3, -0.25) is 4.72 Å². The first-order chi connectivity index (χ1) is 15.9. The molecule has 1 heterocycles. The van der Waals surface area contributed by atoms with Gasteiger partial charge in [0, 0.05) is 28.0 Å². The summed E-state index contributed by atoms with van der Waals surface area (Å²) >= 11 is 7.77. The smallest absolute Gasteiger partial charge is 0.406 e. The second-order valence-electron chi connectivity index (χ2n) is 7.42. The molecule has 2 N–H and O–H groups in total. The highest BCUT2D eigenvalue weighted by Gasteiger charge is 2.31. The second-order valence-corrected chi connectivity index (χ2v) is 8.76. The molecule has 0 atom stereocenters. The molecule has 172 valence electrons. The van der Waals surface area contributed by atoms with Crippen molar-refractivity contribution in [1.82, 2.24) is 9.71 Å². The Morgan fingerprint density at radius 3 is 2.58 bits per heavy atom. The van der Waals surface area contributed by atoms with Crippen molar-refractivity contribution in [1.29, 1.82) is 0 Å².